The Morgan fingerprint density at radius 1 is 1.42 bits per heavy atom. The van der Waals surface area contributed by atoms with Gasteiger partial charge in [0, 0.05) is 19.6 Å². The highest BCUT2D eigenvalue weighted by atomic mass is 32.2. The summed E-state index contributed by atoms with van der Waals surface area (Å²) in [6.45, 7) is 0.542. The Morgan fingerprint density at radius 3 is 2.63 bits per heavy atom. The van der Waals surface area contributed by atoms with E-state index in [2.05, 4.69) is 4.72 Å². The van der Waals surface area contributed by atoms with Crippen LogP contribution in [0.1, 0.15) is 6.42 Å². The molecule has 0 spiro atoms. The van der Waals surface area contributed by atoms with Crippen LogP contribution in [-0.2, 0) is 14.8 Å². The Balaban J connectivity index is 2.05. The van der Waals surface area contributed by atoms with Crippen molar-refractivity contribution in [2.24, 2.45) is 0 Å². The van der Waals surface area contributed by atoms with Gasteiger partial charge in [0.25, 0.3) is 0 Å². The Kier molecular flexibility index (Phi) is 4.10. The van der Waals surface area contributed by atoms with Gasteiger partial charge in [0.1, 0.15) is 11.4 Å². The first-order chi connectivity index (χ1) is 8.95. The first-order valence-corrected chi connectivity index (χ1v) is 7.37. The minimum absolute atomic E-state index is 0.0542. The molecular weight excluding hydrogens is 270 g/mol. The van der Waals surface area contributed by atoms with E-state index in [0.29, 0.717) is 18.8 Å². The summed E-state index contributed by atoms with van der Waals surface area (Å²) in [5.41, 5.74) is -1.11. The predicted molar refractivity (Wildman–Crippen MR) is 68.6 cm³/mol. The van der Waals surface area contributed by atoms with Gasteiger partial charge in [-0.25, -0.2) is 13.1 Å². The Labute approximate surface area is 112 Å². The molecule has 0 saturated carbocycles. The third-order valence-corrected chi connectivity index (χ3v) is 4.46. The molecule has 0 bridgehead atoms. The average Bonchev–Trinajstić information content (AvgIpc) is 2.84. The van der Waals surface area contributed by atoms with E-state index in [1.54, 1.807) is 12.1 Å². The molecule has 1 aromatic carbocycles. The van der Waals surface area contributed by atoms with E-state index < -0.39 is 15.6 Å². The average molecular weight is 287 g/mol. The van der Waals surface area contributed by atoms with E-state index in [1.165, 1.54) is 19.2 Å². The minimum atomic E-state index is -3.63. The molecule has 106 valence electrons. The fraction of sp³-hybridized carbons (Fsp3) is 0.500. The van der Waals surface area contributed by atoms with Crippen molar-refractivity contribution in [3.05, 3.63) is 24.3 Å². The molecule has 1 aliphatic heterocycles. The monoisotopic (exact) mass is 287 g/mol. The quantitative estimate of drug-likeness (QED) is 0.804. The summed E-state index contributed by atoms with van der Waals surface area (Å²) in [5.74, 6) is 0.585. The molecule has 1 atom stereocenters. The summed E-state index contributed by atoms with van der Waals surface area (Å²) in [6, 6.07) is 6.05. The second-order valence-corrected chi connectivity index (χ2v) is 6.29. The standard InChI is InChI=1S/C12H17NO5S/c1-17-10-2-4-11(5-3-10)19(15,16)13-8-12(14)6-7-18-9-12/h2-5,13-14H,6-9H2,1H3. The first-order valence-electron chi connectivity index (χ1n) is 5.89. The van der Waals surface area contributed by atoms with Crippen LogP contribution in [0.4, 0.5) is 0 Å². The van der Waals surface area contributed by atoms with Gasteiger partial charge in [-0.2, -0.15) is 0 Å². The molecule has 19 heavy (non-hydrogen) atoms. The Hall–Kier alpha value is -1.15. The maximum absolute atomic E-state index is 12.0. The molecule has 0 amide bonds. The highest BCUT2D eigenvalue weighted by Crippen LogP contribution is 2.19. The van der Waals surface area contributed by atoms with Gasteiger partial charge in [-0.05, 0) is 24.3 Å². The summed E-state index contributed by atoms with van der Waals surface area (Å²) in [7, 11) is -2.12. The van der Waals surface area contributed by atoms with Gasteiger partial charge in [-0.15, -0.1) is 0 Å². The molecule has 6 nitrogen and oxygen atoms in total. The molecule has 0 aromatic heterocycles. The molecule has 2 N–H and O–H groups in total. The maximum Gasteiger partial charge on any atom is 0.240 e. The van der Waals surface area contributed by atoms with Gasteiger partial charge in [0.15, 0.2) is 0 Å². The smallest absolute Gasteiger partial charge is 0.240 e. The second-order valence-electron chi connectivity index (χ2n) is 4.53. The van der Waals surface area contributed by atoms with Crippen molar-refractivity contribution in [3.8, 4) is 5.75 Å². The van der Waals surface area contributed by atoms with Gasteiger partial charge in [0.05, 0.1) is 18.6 Å². The highest BCUT2D eigenvalue weighted by Gasteiger charge is 2.33. The van der Waals surface area contributed by atoms with Crippen LogP contribution in [0.15, 0.2) is 29.2 Å². The van der Waals surface area contributed by atoms with Gasteiger partial charge in [-0.1, -0.05) is 0 Å². The van der Waals surface area contributed by atoms with Crippen molar-refractivity contribution < 1.29 is 23.0 Å². The van der Waals surface area contributed by atoms with E-state index in [9.17, 15) is 13.5 Å². The number of sulfonamides is 1. The summed E-state index contributed by atoms with van der Waals surface area (Å²) >= 11 is 0. The lowest BCUT2D eigenvalue weighted by Crippen LogP contribution is -2.43. The van der Waals surface area contributed by atoms with Crippen molar-refractivity contribution in [1.29, 1.82) is 0 Å². The Bertz CT molecular complexity index is 520. The van der Waals surface area contributed by atoms with Crippen molar-refractivity contribution >= 4 is 10.0 Å². The lowest BCUT2D eigenvalue weighted by Gasteiger charge is -2.20. The molecule has 0 radical (unpaired) electrons. The molecule has 7 heteroatoms. The zero-order valence-electron chi connectivity index (χ0n) is 10.6. The molecule has 1 unspecified atom stereocenters. The lowest BCUT2D eigenvalue weighted by atomic mass is 10.1. The van der Waals surface area contributed by atoms with Gasteiger partial charge in [0.2, 0.25) is 10.0 Å². The van der Waals surface area contributed by atoms with E-state index in [-0.39, 0.29) is 18.0 Å². The fourth-order valence-corrected chi connectivity index (χ4v) is 2.92. The van der Waals surface area contributed by atoms with Crippen LogP contribution in [0.25, 0.3) is 0 Å². The number of hydrogen-bond acceptors (Lipinski definition) is 5. The normalized spacial score (nSPS) is 23.5. The number of rotatable bonds is 5. The summed E-state index contributed by atoms with van der Waals surface area (Å²) in [4.78, 5) is 0.135. The maximum atomic E-state index is 12.0. The number of ether oxygens (including phenoxy) is 2. The van der Waals surface area contributed by atoms with Gasteiger partial charge >= 0.3 is 0 Å². The van der Waals surface area contributed by atoms with Crippen LogP contribution in [0, 0.1) is 0 Å². The molecule has 1 saturated heterocycles. The van der Waals surface area contributed by atoms with Crippen molar-refractivity contribution in [1.82, 2.24) is 4.72 Å². The second kappa shape index (κ2) is 5.46. The third-order valence-electron chi connectivity index (χ3n) is 3.04. The fourth-order valence-electron chi connectivity index (χ4n) is 1.80. The summed E-state index contributed by atoms with van der Waals surface area (Å²) in [6.07, 6.45) is 0.429. The molecule has 1 aromatic rings. The molecule has 1 fully saturated rings. The van der Waals surface area contributed by atoms with Crippen LogP contribution in [0.3, 0.4) is 0 Å². The first kappa shape index (κ1) is 14.3. The van der Waals surface area contributed by atoms with Crippen molar-refractivity contribution in [3.63, 3.8) is 0 Å². The Morgan fingerprint density at radius 2 is 2.11 bits per heavy atom. The van der Waals surface area contributed by atoms with E-state index in [1.807, 2.05) is 0 Å². The van der Waals surface area contributed by atoms with Crippen molar-refractivity contribution in [2.75, 3.05) is 26.9 Å². The summed E-state index contributed by atoms with van der Waals surface area (Å²) < 4.78 is 36.5. The third kappa shape index (κ3) is 3.44. The molecule has 2 rings (SSSR count). The van der Waals surface area contributed by atoms with Crippen LogP contribution < -0.4 is 9.46 Å². The van der Waals surface area contributed by atoms with Gasteiger partial charge in [-0.3, -0.25) is 0 Å². The highest BCUT2D eigenvalue weighted by molar-refractivity contribution is 7.89. The topological polar surface area (TPSA) is 84.9 Å². The lowest BCUT2D eigenvalue weighted by molar-refractivity contribution is 0.0314. The minimum Gasteiger partial charge on any atom is -0.497 e. The number of benzene rings is 1. The molecule has 0 aliphatic carbocycles. The molecule has 1 aliphatic rings. The zero-order chi connectivity index (χ0) is 13.9. The number of hydrogen-bond donors (Lipinski definition) is 2. The zero-order valence-corrected chi connectivity index (χ0v) is 11.4. The number of aliphatic hydroxyl groups is 1. The van der Waals surface area contributed by atoms with Crippen LogP contribution in [0.5, 0.6) is 5.75 Å². The molecule has 1 heterocycles. The number of methoxy groups -OCH3 is 1. The van der Waals surface area contributed by atoms with E-state index >= 15 is 0 Å². The van der Waals surface area contributed by atoms with Crippen LogP contribution in [0.2, 0.25) is 0 Å². The number of nitrogens with one attached hydrogen (secondary N) is 1. The predicted octanol–water partition coefficient (Wildman–Crippen LogP) is 0.125. The SMILES string of the molecule is COc1ccc(S(=O)(=O)NCC2(O)CCOC2)cc1. The van der Waals surface area contributed by atoms with Crippen molar-refractivity contribution in [2.45, 2.75) is 16.9 Å². The summed E-state index contributed by atoms with van der Waals surface area (Å²) in [5, 5.41) is 10.0. The van der Waals surface area contributed by atoms with Crippen LogP contribution in [-0.4, -0.2) is 46.0 Å². The van der Waals surface area contributed by atoms with Gasteiger partial charge < -0.3 is 14.6 Å². The molecular formula is C12H17NO5S. The largest absolute Gasteiger partial charge is 0.497 e. The van der Waals surface area contributed by atoms with E-state index in [4.69, 9.17) is 9.47 Å². The van der Waals surface area contributed by atoms with E-state index in [0.717, 1.165) is 0 Å². The van der Waals surface area contributed by atoms with Crippen LogP contribution >= 0.6 is 0 Å².